The average Bonchev–Trinajstić information content (AvgIpc) is 3.15. The average molecular weight is 452 g/mol. The van der Waals surface area contributed by atoms with Gasteiger partial charge in [0.2, 0.25) is 5.91 Å². The van der Waals surface area contributed by atoms with Gasteiger partial charge >= 0.3 is 0 Å². The van der Waals surface area contributed by atoms with Gasteiger partial charge in [-0.1, -0.05) is 35.9 Å². The normalized spacial score (nSPS) is 19.2. The molecular weight excluding hydrogens is 426 g/mol. The van der Waals surface area contributed by atoms with E-state index in [2.05, 4.69) is 17.0 Å². The second kappa shape index (κ2) is 8.56. The number of carbonyl (C=O) groups is 2. The highest BCUT2D eigenvalue weighted by atomic mass is 35.5. The van der Waals surface area contributed by atoms with E-state index in [1.165, 1.54) is 11.1 Å². The van der Waals surface area contributed by atoms with E-state index >= 15 is 0 Å². The maximum Gasteiger partial charge on any atom is 0.274 e. The number of aromatic nitrogens is 2. The first kappa shape index (κ1) is 21.0. The van der Waals surface area contributed by atoms with Crippen molar-refractivity contribution in [3.05, 3.63) is 70.1 Å². The van der Waals surface area contributed by atoms with Crippen LogP contribution in [0, 0.1) is 5.92 Å². The fourth-order valence-electron chi connectivity index (χ4n) is 4.85. The van der Waals surface area contributed by atoms with Crippen LogP contribution in [0.3, 0.4) is 0 Å². The lowest BCUT2D eigenvalue weighted by atomic mass is 9.97. The van der Waals surface area contributed by atoms with Crippen molar-refractivity contribution in [3.63, 3.8) is 0 Å². The van der Waals surface area contributed by atoms with E-state index in [-0.39, 0.29) is 17.7 Å². The van der Waals surface area contributed by atoms with Crippen LogP contribution in [0.5, 0.6) is 0 Å². The molecule has 3 aromatic rings. The van der Waals surface area contributed by atoms with Gasteiger partial charge in [0, 0.05) is 32.4 Å². The summed E-state index contributed by atoms with van der Waals surface area (Å²) in [6, 6.07) is 11.9. The predicted octanol–water partition coefficient (Wildman–Crippen LogP) is 2.88. The monoisotopic (exact) mass is 451 g/mol. The highest BCUT2D eigenvalue weighted by Crippen LogP contribution is 2.25. The van der Waals surface area contributed by atoms with E-state index in [0.29, 0.717) is 42.5 Å². The Balaban J connectivity index is 1.47. The second-order valence-corrected chi connectivity index (χ2v) is 9.14. The van der Waals surface area contributed by atoms with Crippen LogP contribution in [-0.2, 0) is 24.3 Å². The summed E-state index contributed by atoms with van der Waals surface area (Å²) in [4.78, 5) is 34.1. The number of rotatable bonds is 4. The molecule has 0 radical (unpaired) electrons. The van der Waals surface area contributed by atoms with Gasteiger partial charge in [-0.15, -0.1) is 0 Å². The Bertz CT molecular complexity index is 1190. The van der Waals surface area contributed by atoms with Crippen molar-refractivity contribution < 1.29 is 9.59 Å². The van der Waals surface area contributed by atoms with E-state index in [9.17, 15) is 9.59 Å². The molecule has 4 heterocycles. The van der Waals surface area contributed by atoms with Crippen LogP contribution in [-0.4, -0.2) is 50.6 Å². The summed E-state index contributed by atoms with van der Waals surface area (Å²) in [7, 11) is 0. The van der Waals surface area contributed by atoms with E-state index < -0.39 is 0 Å². The first-order valence-corrected chi connectivity index (χ1v) is 11.4. The van der Waals surface area contributed by atoms with Gasteiger partial charge in [0.1, 0.15) is 5.65 Å². The lowest BCUT2D eigenvalue weighted by Crippen LogP contribution is -2.41. The maximum atomic E-state index is 13.6. The number of likely N-dealkylation sites (tertiary alicyclic amines) is 1. The molecule has 166 valence electrons. The van der Waals surface area contributed by atoms with Gasteiger partial charge in [0.25, 0.3) is 5.91 Å². The largest absolute Gasteiger partial charge is 0.369 e. The number of hydrogen-bond acceptors (Lipinski definition) is 4. The highest BCUT2D eigenvalue weighted by molar-refractivity contribution is 6.30. The number of halogens is 1. The van der Waals surface area contributed by atoms with E-state index in [1.807, 2.05) is 27.5 Å². The summed E-state index contributed by atoms with van der Waals surface area (Å²) in [5.41, 5.74) is 9.99. The third kappa shape index (κ3) is 3.98. The summed E-state index contributed by atoms with van der Waals surface area (Å²) >= 11 is 6.27. The van der Waals surface area contributed by atoms with Crippen molar-refractivity contribution in [2.75, 3.05) is 19.6 Å². The fraction of sp³-hybridized carbons (Fsp3) is 0.375. The zero-order valence-electron chi connectivity index (χ0n) is 17.8. The van der Waals surface area contributed by atoms with Gasteiger partial charge in [-0.25, -0.2) is 4.98 Å². The van der Waals surface area contributed by atoms with Crippen molar-refractivity contribution in [1.29, 1.82) is 0 Å². The minimum absolute atomic E-state index is 0.0715. The first-order valence-electron chi connectivity index (χ1n) is 11.0. The molecule has 8 heteroatoms. The summed E-state index contributed by atoms with van der Waals surface area (Å²) in [5, 5.41) is 0.579. The lowest BCUT2D eigenvalue weighted by molar-refractivity contribution is -0.123. The van der Waals surface area contributed by atoms with Gasteiger partial charge in [0.05, 0.1) is 16.6 Å². The van der Waals surface area contributed by atoms with Gasteiger partial charge in [-0.05, 0) is 49.1 Å². The Labute approximate surface area is 191 Å². The molecule has 0 saturated carbocycles. The fourth-order valence-corrected chi connectivity index (χ4v) is 5.01. The quantitative estimate of drug-likeness (QED) is 0.661. The summed E-state index contributed by atoms with van der Waals surface area (Å²) in [5.74, 6) is -0.499. The molecule has 2 aliphatic heterocycles. The predicted molar refractivity (Wildman–Crippen MR) is 122 cm³/mol. The molecule has 0 bridgehead atoms. The molecule has 1 atom stereocenters. The highest BCUT2D eigenvalue weighted by Gasteiger charge is 2.30. The van der Waals surface area contributed by atoms with Crippen LogP contribution in [0.4, 0.5) is 0 Å². The standard InChI is InChI=1S/C24H26ClN5O2/c25-19-7-8-21-27-22(24(32)29-11-9-16-4-1-2-5-17(16)13-29)20(30(21)14-19)15-28-10-3-6-18(12-28)23(26)31/h1-2,4-5,7-8,14,18H,3,6,9-13,15H2,(H2,26,31)/t18-/m1/s1. The molecule has 2 aliphatic rings. The Kier molecular flexibility index (Phi) is 5.61. The molecule has 7 nitrogen and oxygen atoms in total. The van der Waals surface area contributed by atoms with E-state index in [1.54, 1.807) is 12.3 Å². The lowest BCUT2D eigenvalue weighted by Gasteiger charge is -2.31. The number of nitrogens with zero attached hydrogens (tertiary/aromatic N) is 4. The van der Waals surface area contributed by atoms with Crippen LogP contribution < -0.4 is 5.73 Å². The Morgan fingerprint density at radius 1 is 1.12 bits per heavy atom. The minimum Gasteiger partial charge on any atom is -0.369 e. The van der Waals surface area contributed by atoms with Crippen LogP contribution in [0.25, 0.3) is 5.65 Å². The molecule has 1 aromatic carbocycles. The topological polar surface area (TPSA) is 83.9 Å². The van der Waals surface area contributed by atoms with Crippen molar-refractivity contribution in [2.45, 2.75) is 32.4 Å². The Hall–Kier alpha value is -2.90. The number of nitrogens with two attached hydrogens (primary N) is 1. The molecule has 0 aliphatic carbocycles. The number of amides is 2. The maximum absolute atomic E-state index is 13.6. The number of benzene rings is 1. The molecule has 1 saturated heterocycles. The molecule has 0 spiro atoms. The number of carbonyl (C=O) groups excluding carboxylic acids is 2. The zero-order chi connectivity index (χ0) is 22.2. The summed E-state index contributed by atoms with van der Waals surface area (Å²) in [6.45, 7) is 3.20. The van der Waals surface area contributed by atoms with Crippen molar-refractivity contribution in [1.82, 2.24) is 19.2 Å². The second-order valence-electron chi connectivity index (χ2n) is 8.70. The third-order valence-electron chi connectivity index (χ3n) is 6.58. The molecule has 2 aromatic heterocycles. The van der Waals surface area contributed by atoms with Crippen LogP contribution in [0.15, 0.2) is 42.6 Å². The van der Waals surface area contributed by atoms with Gasteiger partial charge in [-0.3, -0.25) is 14.5 Å². The van der Waals surface area contributed by atoms with Crippen LogP contribution >= 0.6 is 11.6 Å². The smallest absolute Gasteiger partial charge is 0.274 e. The summed E-state index contributed by atoms with van der Waals surface area (Å²) < 4.78 is 1.90. The number of fused-ring (bicyclic) bond motifs is 2. The number of hydrogen-bond donors (Lipinski definition) is 1. The number of imidazole rings is 1. The van der Waals surface area contributed by atoms with E-state index in [0.717, 1.165) is 31.5 Å². The third-order valence-corrected chi connectivity index (χ3v) is 6.81. The molecule has 0 unspecified atom stereocenters. The molecular formula is C24H26ClN5O2. The van der Waals surface area contributed by atoms with E-state index in [4.69, 9.17) is 22.3 Å². The Morgan fingerprint density at radius 3 is 2.75 bits per heavy atom. The molecule has 1 fully saturated rings. The SMILES string of the molecule is NC(=O)[C@@H]1CCCN(Cc2c(C(=O)N3CCc4ccccc4C3)nc3ccc(Cl)cn23)C1. The number of pyridine rings is 1. The van der Waals surface area contributed by atoms with Crippen molar-refractivity contribution in [3.8, 4) is 0 Å². The van der Waals surface area contributed by atoms with Gasteiger partial charge in [0.15, 0.2) is 5.69 Å². The molecule has 32 heavy (non-hydrogen) atoms. The first-order chi connectivity index (χ1) is 15.5. The minimum atomic E-state index is -0.265. The summed E-state index contributed by atoms with van der Waals surface area (Å²) in [6.07, 6.45) is 4.35. The molecule has 2 amide bonds. The number of piperidine rings is 1. The van der Waals surface area contributed by atoms with Crippen molar-refractivity contribution >= 4 is 29.1 Å². The molecule has 2 N–H and O–H groups in total. The van der Waals surface area contributed by atoms with Crippen LogP contribution in [0.2, 0.25) is 5.02 Å². The van der Waals surface area contributed by atoms with Crippen molar-refractivity contribution in [2.24, 2.45) is 11.7 Å². The zero-order valence-corrected chi connectivity index (χ0v) is 18.6. The number of primary amides is 1. The molecule has 5 rings (SSSR count). The Morgan fingerprint density at radius 2 is 1.94 bits per heavy atom. The van der Waals surface area contributed by atoms with Gasteiger partial charge < -0.3 is 15.0 Å². The van der Waals surface area contributed by atoms with Gasteiger partial charge in [-0.2, -0.15) is 0 Å². The van der Waals surface area contributed by atoms with Crippen LogP contribution in [0.1, 0.15) is 40.2 Å².